The molecule has 0 aliphatic rings. The smallest absolute Gasteiger partial charge is 0.336 e. The fourth-order valence-corrected chi connectivity index (χ4v) is 3.25. The van der Waals surface area contributed by atoms with Gasteiger partial charge in [-0.2, -0.15) is 0 Å². The highest BCUT2D eigenvalue weighted by molar-refractivity contribution is 6.01. The van der Waals surface area contributed by atoms with Gasteiger partial charge < -0.3 is 18.5 Å². The first-order valence-electron chi connectivity index (χ1n) is 7.86. The number of aryl methyl sites for hydroxylation is 1. The Hall–Kier alpha value is -3.21. The molecule has 0 atom stereocenters. The molecule has 0 saturated heterocycles. The molecular weight excluding hydrogens is 318 g/mol. The van der Waals surface area contributed by atoms with Crippen molar-refractivity contribution in [2.75, 3.05) is 14.2 Å². The minimum Gasteiger partial charge on any atom is -0.493 e. The Bertz CT molecular complexity index is 1150. The van der Waals surface area contributed by atoms with Crippen molar-refractivity contribution >= 4 is 21.9 Å². The van der Waals surface area contributed by atoms with Crippen molar-refractivity contribution in [1.82, 2.24) is 4.57 Å². The third-order valence-corrected chi connectivity index (χ3v) is 4.45. The van der Waals surface area contributed by atoms with Gasteiger partial charge in [-0.05, 0) is 35.9 Å². The van der Waals surface area contributed by atoms with Gasteiger partial charge in [0.25, 0.3) is 0 Å². The molecule has 2 aromatic heterocycles. The molecule has 5 nitrogen and oxygen atoms in total. The van der Waals surface area contributed by atoms with Gasteiger partial charge in [0.1, 0.15) is 5.58 Å². The molecule has 0 saturated carbocycles. The van der Waals surface area contributed by atoms with Crippen LogP contribution in [0.4, 0.5) is 0 Å². The summed E-state index contributed by atoms with van der Waals surface area (Å²) in [6, 6.07) is 13.1. The first-order chi connectivity index (χ1) is 12.1. The van der Waals surface area contributed by atoms with Gasteiger partial charge in [-0.3, -0.25) is 0 Å². The lowest BCUT2D eigenvalue weighted by atomic mass is 10.00. The summed E-state index contributed by atoms with van der Waals surface area (Å²) in [6.45, 7) is 0. The highest BCUT2D eigenvalue weighted by Gasteiger charge is 2.17. The first-order valence-corrected chi connectivity index (χ1v) is 7.86. The Balaban J connectivity index is 2.09. The number of ether oxygens (including phenoxy) is 2. The average molecular weight is 335 g/mol. The minimum absolute atomic E-state index is 0.400. The second kappa shape index (κ2) is 5.70. The number of methoxy groups -OCH3 is 2. The van der Waals surface area contributed by atoms with E-state index in [9.17, 15) is 4.79 Å². The van der Waals surface area contributed by atoms with E-state index in [0.717, 1.165) is 27.4 Å². The number of fused-ring (bicyclic) bond motifs is 2. The van der Waals surface area contributed by atoms with Crippen molar-refractivity contribution in [3.63, 3.8) is 0 Å². The molecule has 2 heterocycles. The molecule has 5 heteroatoms. The van der Waals surface area contributed by atoms with Gasteiger partial charge in [0.2, 0.25) is 0 Å². The summed E-state index contributed by atoms with van der Waals surface area (Å²) < 4.78 is 18.4. The number of rotatable bonds is 3. The molecule has 0 spiro atoms. The van der Waals surface area contributed by atoms with Crippen LogP contribution in [0.2, 0.25) is 0 Å². The summed E-state index contributed by atoms with van der Waals surface area (Å²) in [5.74, 6) is 1.14. The van der Waals surface area contributed by atoms with Crippen LogP contribution in [0, 0.1) is 0 Å². The third kappa shape index (κ3) is 2.36. The molecule has 0 bridgehead atoms. The molecule has 0 N–H and O–H groups in total. The average Bonchev–Trinajstić information content (AvgIpc) is 3.00. The molecule has 0 radical (unpaired) electrons. The molecule has 25 heavy (non-hydrogen) atoms. The molecule has 0 amide bonds. The van der Waals surface area contributed by atoms with E-state index < -0.39 is 5.63 Å². The zero-order chi connectivity index (χ0) is 17.6. The highest BCUT2D eigenvalue weighted by Crippen LogP contribution is 2.40. The van der Waals surface area contributed by atoms with E-state index in [1.807, 2.05) is 31.4 Å². The standard InChI is InChI=1S/C20H17NO4/c1-21-9-8-13-10-12(4-5-15(13)21)14-11-18(22)25-16-6-7-17(23-2)20(24-3)19(14)16/h4-11H,1-3H3. The Morgan fingerprint density at radius 2 is 1.84 bits per heavy atom. The largest absolute Gasteiger partial charge is 0.493 e. The van der Waals surface area contributed by atoms with Crippen LogP contribution in [-0.4, -0.2) is 18.8 Å². The van der Waals surface area contributed by atoms with Crippen LogP contribution in [0.1, 0.15) is 0 Å². The SMILES string of the molecule is COc1ccc2oc(=O)cc(-c3ccc4c(ccn4C)c3)c2c1OC. The van der Waals surface area contributed by atoms with Crippen LogP contribution in [0.5, 0.6) is 11.5 Å². The van der Waals surface area contributed by atoms with E-state index in [1.165, 1.54) is 6.07 Å². The number of benzene rings is 2. The minimum atomic E-state index is -0.400. The predicted molar refractivity (Wildman–Crippen MR) is 97.5 cm³/mol. The van der Waals surface area contributed by atoms with E-state index in [2.05, 4.69) is 10.6 Å². The van der Waals surface area contributed by atoms with Gasteiger partial charge in [-0.25, -0.2) is 4.79 Å². The van der Waals surface area contributed by atoms with Crippen LogP contribution < -0.4 is 15.1 Å². The summed E-state index contributed by atoms with van der Waals surface area (Å²) in [6.07, 6.45) is 2.01. The molecule has 0 fully saturated rings. The van der Waals surface area contributed by atoms with Crippen molar-refractivity contribution in [2.24, 2.45) is 7.05 Å². The molecule has 4 rings (SSSR count). The van der Waals surface area contributed by atoms with Crippen LogP contribution >= 0.6 is 0 Å². The van der Waals surface area contributed by atoms with Crippen LogP contribution in [0.25, 0.3) is 33.0 Å². The maximum Gasteiger partial charge on any atom is 0.336 e. The zero-order valence-electron chi connectivity index (χ0n) is 14.2. The third-order valence-electron chi connectivity index (χ3n) is 4.45. The summed E-state index contributed by atoms with van der Waals surface area (Å²) in [4.78, 5) is 12.1. The molecule has 0 aliphatic carbocycles. The summed E-state index contributed by atoms with van der Waals surface area (Å²) in [5, 5.41) is 1.82. The summed E-state index contributed by atoms with van der Waals surface area (Å²) in [7, 11) is 5.16. The molecule has 0 unspecified atom stereocenters. The maximum atomic E-state index is 12.1. The van der Waals surface area contributed by atoms with Gasteiger partial charge in [0.15, 0.2) is 11.5 Å². The lowest BCUT2D eigenvalue weighted by molar-refractivity contribution is 0.358. The van der Waals surface area contributed by atoms with Crippen LogP contribution in [0.15, 0.2) is 57.9 Å². The zero-order valence-corrected chi connectivity index (χ0v) is 14.2. The summed E-state index contributed by atoms with van der Waals surface area (Å²) >= 11 is 0. The normalized spacial score (nSPS) is 11.2. The lowest BCUT2D eigenvalue weighted by Crippen LogP contribution is -2.00. The van der Waals surface area contributed by atoms with E-state index >= 15 is 0 Å². The monoisotopic (exact) mass is 335 g/mol. The molecule has 2 aromatic carbocycles. The van der Waals surface area contributed by atoms with E-state index in [0.29, 0.717) is 17.1 Å². The molecule has 4 aromatic rings. The van der Waals surface area contributed by atoms with Gasteiger partial charge in [0.05, 0.1) is 19.6 Å². The number of hydrogen-bond donors (Lipinski definition) is 0. The van der Waals surface area contributed by atoms with Crippen molar-refractivity contribution in [2.45, 2.75) is 0 Å². The van der Waals surface area contributed by atoms with Crippen molar-refractivity contribution in [3.8, 4) is 22.6 Å². The predicted octanol–water partition coefficient (Wildman–Crippen LogP) is 3.97. The van der Waals surface area contributed by atoms with E-state index in [-0.39, 0.29) is 0 Å². The second-order valence-corrected chi connectivity index (χ2v) is 5.85. The van der Waals surface area contributed by atoms with Crippen LogP contribution in [-0.2, 0) is 7.05 Å². The lowest BCUT2D eigenvalue weighted by Gasteiger charge is -2.13. The Kier molecular flexibility index (Phi) is 3.50. The van der Waals surface area contributed by atoms with E-state index in [4.69, 9.17) is 13.9 Å². The second-order valence-electron chi connectivity index (χ2n) is 5.85. The van der Waals surface area contributed by atoms with E-state index in [1.54, 1.807) is 26.4 Å². The highest BCUT2D eigenvalue weighted by atomic mass is 16.5. The topological polar surface area (TPSA) is 53.6 Å². The fraction of sp³-hybridized carbons (Fsp3) is 0.150. The van der Waals surface area contributed by atoms with Crippen molar-refractivity contribution in [1.29, 1.82) is 0 Å². The molecular formula is C20H17NO4. The van der Waals surface area contributed by atoms with Gasteiger partial charge in [-0.1, -0.05) is 6.07 Å². The Morgan fingerprint density at radius 3 is 2.60 bits per heavy atom. The first kappa shape index (κ1) is 15.3. The van der Waals surface area contributed by atoms with Gasteiger partial charge in [0, 0.05) is 35.8 Å². The Labute approximate surface area is 144 Å². The van der Waals surface area contributed by atoms with Crippen molar-refractivity contribution in [3.05, 3.63) is 59.1 Å². The van der Waals surface area contributed by atoms with Crippen molar-refractivity contribution < 1.29 is 13.9 Å². The number of nitrogens with zero attached hydrogens (tertiary/aromatic N) is 1. The molecule has 0 aliphatic heterocycles. The van der Waals surface area contributed by atoms with Gasteiger partial charge in [-0.15, -0.1) is 0 Å². The maximum absolute atomic E-state index is 12.1. The Morgan fingerprint density at radius 1 is 1.00 bits per heavy atom. The van der Waals surface area contributed by atoms with Crippen LogP contribution in [0.3, 0.4) is 0 Å². The molecule has 126 valence electrons. The number of hydrogen-bond acceptors (Lipinski definition) is 4. The number of aromatic nitrogens is 1. The van der Waals surface area contributed by atoms with Gasteiger partial charge >= 0.3 is 5.63 Å². The quantitative estimate of drug-likeness (QED) is 0.532. The fourth-order valence-electron chi connectivity index (χ4n) is 3.25. The summed E-state index contributed by atoms with van der Waals surface area (Å²) in [5.41, 5.74) is 2.87.